The highest BCUT2D eigenvalue weighted by Crippen LogP contribution is 2.22. The molecule has 0 N–H and O–H groups in total. The first-order valence-electron chi connectivity index (χ1n) is 10.3. The third-order valence-corrected chi connectivity index (χ3v) is 5.81. The molecule has 2 heterocycles. The van der Waals surface area contributed by atoms with Crippen molar-refractivity contribution in [3.8, 4) is 0 Å². The fourth-order valence-corrected chi connectivity index (χ4v) is 4.30. The van der Waals surface area contributed by atoms with Gasteiger partial charge < -0.3 is 14.5 Å². The van der Waals surface area contributed by atoms with Gasteiger partial charge in [-0.05, 0) is 29.2 Å². The van der Waals surface area contributed by atoms with Crippen LogP contribution in [0.5, 0.6) is 0 Å². The van der Waals surface area contributed by atoms with Crippen molar-refractivity contribution in [3.05, 3.63) is 48.0 Å². The maximum atomic E-state index is 12.6. The van der Waals surface area contributed by atoms with E-state index in [1.165, 1.54) is 16.3 Å². The van der Waals surface area contributed by atoms with Crippen molar-refractivity contribution in [1.82, 2.24) is 9.80 Å². The minimum Gasteiger partial charge on any atom is -0.374 e. The Balaban J connectivity index is 1.31. The van der Waals surface area contributed by atoms with E-state index in [-0.39, 0.29) is 17.9 Å². The molecule has 2 aromatic carbocycles. The Morgan fingerprint density at radius 1 is 1.11 bits per heavy atom. The Morgan fingerprint density at radius 3 is 2.82 bits per heavy atom. The number of carbonyl (C=O) groups excluding carboxylic acids is 2. The number of carbonyl (C=O) groups is 2. The molecule has 1 unspecified atom stereocenters. The quantitative estimate of drug-likeness (QED) is 0.774. The van der Waals surface area contributed by atoms with E-state index >= 15 is 0 Å². The molecular weight excluding hydrogens is 352 g/mol. The average molecular weight is 380 g/mol. The average Bonchev–Trinajstić information content (AvgIpc) is 3.13. The maximum Gasteiger partial charge on any atom is 0.222 e. The van der Waals surface area contributed by atoms with Crippen LogP contribution in [0.15, 0.2) is 42.5 Å². The lowest BCUT2D eigenvalue weighted by molar-refractivity contribution is -0.139. The summed E-state index contributed by atoms with van der Waals surface area (Å²) in [5.74, 6) is 0.409. The summed E-state index contributed by atoms with van der Waals surface area (Å²) in [6.45, 7) is 3.44. The van der Waals surface area contributed by atoms with Gasteiger partial charge >= 0.3 is 0 Å². The molecule has 2 aromatic rings. The second kappa shape index (κ2) is 8.74. The van der Waals surface area contributed by atoms with Crippen LogP contribution in [0.3, 0.4) is 0 Å². The number of fused-ring (bicyclic) bond motifs is 1. The second-order valence-electron chi connectivity index (χ2n) is 7.76. The van der Waals surface area contributed by atoms with Gasteiger partial charge in [0.15, 0.2) is 0 Å². The molecule has 28 heavy (non-hydrogen) atoms. The van der Waals surface area contributed by atoms with Gasteiger partial charge in [0.05, 0.1) is 12.7 Å². The van der Waals surface area contributed by atoms with Gasteiger partial charge in [-0.25, -0.2) is 0 Å². The molecule has 5 nitrogen and oxygen atoms in total. The molecule has 2 aliphatic rings. The maximum absolute atomic E-state index is 12.6. The highest BCUT2D eigenvalue weighted by molar-refractivity contribution is 5.85. The van der Waals surface area contributed by atoms with E-state index in [1.54, 1.807) is 0 Å². The molecule has 0 aromatic heterocycles. The number of benzene rings is 2. The topological polar surface area (TPSA) is 49.9 Å². The summed E-state index contributed by atoms with van der Waals surface area (Å²) in [6.07, 6.45) is 3.71. The zero-order valence-corrected chi connectivity index (χ0v) is 16.3. The number of hydrogen-bond acceptors (Lipinski definition) is 3. The standard InChI is InChI=1S/C23H28N2O3/c26-22-10-4-12-24(22)13-5-11-23(27)25-14-15-28-20(17-25)16-19-8-3-7-18-6-1-2-9-21(18)19/h1-3,6-9,20H,4-5,10-17H2. The number of morpholine rings is 1. The van der Waals surface area contributed by atoms with Gasteiger partial charge in [-0.3, -0.25) is 9.59 Å². The number of rotatable bonds is 6. The van der Waals surface area contributed by atoms with Crippen LogP contribution in [0.4, 0.5) is 0 Å². The largest absolute Gasteiger partial charge is 0.374 e. The first-order chi connectivity index (χ1) is 13.7. The van der Waals surface area contributed by atoms with E-state index in [0.717, 1.165) is 25.8 Å². The van der Waals surface area contributed by atoms with E-state index in [1.807, 2.05) is 9.80 Å². The van der Waals surface area contributed by atoms with Crippen LogP contribution in [0, 0.1) is 0 Å². The van der Waals surface area contributed by atoms with Gasteiger partial charge in [-0.1, -0.05) is 42.5 Å². The van der Waals surface area contributed by atoms with Gasteiger partial charge in [0, 0.05) is 45.4 Å². The zero-order valence-electron chi connectivity index (χ0n) is 16.3. The summed E-state index contributed by atoms with van der Waals surface area (Å²) in [5, 5.41) is 2.49. The predicted molar refractivity (Wildman–Crippen MR) is 109 cm³/mol. The monoisotopic (exact) mass is 380 g/mol. The first-order valence-corrected chi connectivity index (χ1v) is 10.3. The molecule has 0 radical (unpaired) electrons. The highest BCUT2D eigenvalue weighted by atomic mass is 16.5. The van der Waals surface area contributed by atoms with Gasteiger partial charge in [0.25, 0.3) is 0 Å². The van der Waals surface area contributed by atoms with Gasteiger partial charge in [0.1, 0.15) is 0 Å². The summed E-state index contributed by atoms with van der Waals surface area (Å²) in [4.78, 5) is 28.1. The molecule has 2 amide bonds. The van der Waals surface area contributed by atoms with Crippen LogP contribution in [-0.4, -0.2) is 60.5 Å². The number of likely N-dealkylation sites (tertiary alicyclic amines) is 1. The van der Waals surface area contributed by atoms with Crippen LogP contribution in [0.1, 0.15) is 31.2 Å². The smallest absolute Gasteiger partial charge is 0.222 e. The lowest BCUT2D eigenvalue weighted by Crippen LogP contribution is -2.46. The van der Waals surface area contributed by atoms with Gasteiger partial charge in [0.2, 0.25) is 11.8 Å². The molecule has 5 heteroatoms. The zero-order chi connectivity index (χ0) is 19.3. The normalized spacial score (nSPS) is 20.1. The summed E-state index contributed by atoms with van der Waals surface area (Å²) in [5.41, 5.74) is 1.27. The van der Waals surface area contributed by atoms with Crippen LogP contribution >= 0.6 is 0 Å². The second-order valence-corrected chi connectivity index (χ2v) is 7.76. The number of ether oxygens (including phenoxy) is 1. The summed E-state index contributed by atoms with van der Waals surface area (Å²) < 4.78 is 5.96. The predicted octanol–water partition coefficient (Wildman–Crippen LogP) is 3.01. The number of nitrogens with zero attached hydrogens (tertiary/aromatic N) is 2. The van der Waals surface area contributed by atoms with E-state index in [2.05, 4.69) is 42.5 Å². The lowest BCUT2D eigenvalue weighted by Gasteiger charge is -2.33. The van der Waals surface area contributed by atoms with Crippen molar-refractivity contribution in [2.75, 3.05) is 32.8 Å². The third-order valence-electron chi connectivity index (χ3n) is 5.81. The van der Waals surface area contributed by atoms with Gasteiger partial charge in [-0.15, -0.1) is 0 Å². The molecule has 4 rings (SSSR count). The molecular formula is C23H28N2O3. The van der Waals surface area contributed by atoms with Crippen molar-refractivity contribution >= 4 is 22.6 Å². The van der Waals surface area contributed by atoms with E-state index in [0.29, 0.717) is 39.1 Å². The number of hydrogen-bond donors (Lipinski definition) is 0. The van der Waals surface area contributed by atoms with Crippen LogP contribution in [-0.2, 0) is 20.7 Å². The minimum absolute atomic E-state index is 0.0312. The van der Waals surface area contributed by atoms with E-state index in [9.17, 15) is 9.59 Å². The molecule has 0 bridgehead atoms. The Hall–Kier alpha value is -2.40. The Labute approximate surface area is 166 Å². The molecule has 0 spiro atoms. The van der Waals surface area contributed by atoms with Crippen molar-refractivity contribution in [1.29, 1.82) is 0 Å². The molecule has 0 saturated carbocycles. The van der Waals surface area contributed by atoms with E-state index < -0.39 is 0 Å². The fraction of sp³-hybridized carbons (Fsp3) is 0.478. The SMILES string of the molecule is O=C1CCCN1CCCC(=O)N1CCOC(Cc2cccc3ccccc23)C1. The molecule has 2 saturated heterocycles. The molecule has 2 fully saturated rings. The van der Waals surface area contributed by atoms with Crippen molar-refractivity contribution in [3.63, 3.8) is 0 Å². The fourth-order valence-electron chi connectivity index (χ4n) is 4.30. The van der Waals surface area contributed by atoms with Crippen LogP contribution in [0.2, 0.25) is 0 Å². The summed E-state index contributed by atoms with van der Waals surface area (Å²) in [7, 11) is 0. The van der Waals surface area contributed by atoms with Crippen molar-refractivity contribution in [2.45, 2.75) is 38.2 Å². The molecule has 148 valence electrons. The van der Waals surface area contributed by atoms with Crippen molar-refractivity contribution in [2.24, 2.45) is 0 Å². The lowest BCUT2D eigenvalue weighted by atomic mass is 9.99. The van der Waals surface area contributed by atoms with Crippen LogP contribution in [0.25, 0.3) is 10.8 Å². The molecule has 0 aliphatic carbocycles. The highest BCUT2D eigenvalue weighted by Gasteiger charge is 2.25. The van der Waals surface area contributed by atoms with Crippen molar-refractivity contribution < 1.29 is 14.3 Å². The van der Waals surface area contributed by atoms with Crippen LogP contribution < -0.4 is 0 Å². The number of amides is 2. The molecule has 1 atom stereocenters. The Kier molecular flexibility index (Phi) is 5.91. The first kappa shape index (κ1) is 18.9. The Morgan fingerprint density at radius 2 is 1.96 bits per heavy atom. The summed E-state index contributed by atoms with van der Waals surface area (Å²) >= 11 is 0. The molecule has 2 aliphatic heterocycles. The third kappa shape index (κ3) is 4.36. The summed E-state index contributed by atoms with van der Waals surface area (Å²) in [6, 6.07) is 14.8. The van der Waals surface area contributed by atoms with Gasteiger partial charge in [-0.2, -0.15) is 0 Å². The van der Waals surface area contributed by atoms with E-state index in [4.69, 9.17) is 4.74 Å². The minimum atomic E-state index is 0.0312. The Bertz CT molecular complexity index is 845.